The number of aromatic amines is 1. The minimum absolute atomic E-state index is 0.0580. The Kier molecular flexibility index (Phi) is 7.13. The van der Waals surface area contributed by atoms with E-state index in [0.717, 1.165) is 29.5 Å². The molecular weight excluding hydrogens is 418 g/mol. The second-order valence-electron chi connectivity index (χ2n) is 7.43. The van der Waals surface area contributed by atoms with Crippen molar-refractivity contribution in [2.45, 2.75) is 43.4 Å². The van der Waals surface area contributed by atoms with E-state index >= 15 is 0 Å². The van der Waals surface area contributed by atoms with Crippen LogP contribution in [0, 0.1) is 5.92 Å². The van der Waals surface area contributed by atoms with Crippen LogP contribution in [0.25, 0.3) is 11.1 Å². The van der Waals surface area contributed by atoms with E-state index in [9.17, 15) is 18.3 Å². The summed E-state index contributed by atoms with van der Waals surface area (Å²) < 4.78 is 22.8. The number of aliphatic carboxylic acids is 1. The van der Waals surface area contributed by atoms with Crippen LogP contribution in [0.15, 0.2) is 53.4 Å². The van der Waals surface area contributed by atoms with Crippen molar-refractivity contribution >= 4 is 16.0 Å². The maximum Gasteiger partial charge on any atom is 0.307 e. The van der Waals surface area contributed by atoms with Crippen LogP contribution in [0.5, 0.6) is 0 Å². The van der Waals surface area contributed by atoms with Gasteiger partial charge in [-0.25, -0.2) is 13.6 Å². The molecule has 3 rings (SSSR count). The quantitative estimate of drug-likeness (QED) is 0.435. The molecule has 0 radical (unpaired) electrons. The minimum atomic E-state index is -3.73. The van der Waals surface area contributed by atoms with Gasteiger partial charge in [0.1, 0.15) is 0 Å². The first-order chi connectivity index (χ1) is 14.8. The van der Waals surface area contributed by atoms with Crippen molar-refractivity contribution in [3.63, 3.8) is 0 Å². The molecule has 0 saturated heterocycles. The van der Waals surface area contributed by atoms with Gasteiger partial charge in [0.15, 0.2) is 5.82 Å². The molecule has 3 aromatic rings. The number of hydrogen-bond acceptors (Lipinski definition) is 6. The summed E-state index contributed by atoms with van der Waals surface area (Å²) in [6.45, 7) is 2.02. The van der Waals surface area contributed by atoms with Gasteiger partial charge in [-0.2, -0.15) is 5.21 Å². The fourth-order valence-electron chi connectivity index (χ4n) is 3.59. The predicted octanol–water partition coefficient (Wildman–Crippen LogP) is 2.73. The van der Waals surface area contributed by atoms with Crippen LogP contribution >= 0.6 is 0 Å². The van der Waals surface area contributed by atoms with E-state index in [1.54, 1.807) is 12.1 Å². The number of benzene rings is 2. The molecule has 1 heterocycles. The second-order valence-corrected chi connectivity index (χ2v) is 9.00. The van der Waals surface area contributed by atoms with Gasteiger partial charge in [0.25, 0.3) is 0 Å². The monoisotopic (exact) mass is 443 g/mol. The van der Waals surface area contributed by atoms with Crippen molar-refractivity contribution < 1.29 is 18.3 Å². The second kappa shape index (κ2) is 9.80. The SMILES string of the molecule is CCCCC(C(=O)O)C(Cc1ccc(-c2ccc(S(N)(=O)=O)cc2)cc1)c1nn[nH]n1. The molecule has 0 aliphatic rings. The Balaban J connectivity index is 1.82. The normalized spacial score (nSPS) is 13.6. The van der Waals surface area contributed by atoms with Crippen LogP contribution in [0.1, 0.15) is 43.5 Å². The number of nitrogens with zero attached hydrogens (tertiary/aromatic N) is 3. The summed E-state index contributed by atoms with van der Waals surface area (Å²) in [6, 6.07) is 14.0. The number of nitrogens with two attached hydrogens (primary N) is 1. The van der Waals surface area contributed by atoms with E-state index in [0.29, 0.717) is 18.7 Å². The molecule has 0 fully saturated rings. The van der Waals surface area contributed by atoms with Gasteiger partial charge >= 0.3 is 5.97 Å². The lowest BCUT2D eigenvalue weighted by atomic mass is 9.83. The molecule has 0 spiro atoms. The summed E-state index contributed by atoms with van der Waals surface area (Å²) in [4.78, 5) is 12.0. The zero-order chi connectivity index (χ0) is 22.4. The van der Waals surface area contributed by atoms with Gasteiger partial charge in [0.05, 0.1) is 10.8 Å². The standard InChI is InChI=1S/C21H25N5O4S/c1-2-3-4-18(21(27)28)19(20-23-25-26-24-20)13-14-5-7-15(8-6-14)16-9-11-17(12-10-16)31(22,29)30/h5-12,18-19H,2-4,13H2,1H3,(H,27,28)(H2,22,29,30)(H,23,24,25,26). The van der Waals surface area contributed by atoms with Crippen LogP contribution in [0.4, 0.5) is 0 Å². The van der Waals surface area contributed by atoms with Crippen LogP contribution in [-0.2, 0) is 21.2 Å². The minimum Gasteiger partial charge on any atom is -0.481 e. The van der Waals surface area contributed by atoms with Crippen molar-refractivity contribution in [1.29, 1.82) is 0 Å². The molecule has 0 amide bonds. The molecule has 2 atom stereocenters. The first kappa shape index (κ1) is 22.6. The van der Waals surface area contributed by atoms with E-state index in [-0.39, 0.29) is 4.90 Å². The van der Waals surface area contributed by atoms with Gasteiger partial charge in [0, 0.05) is 5.92 Å². The molecule has 0 saturated carbocycles. The van der Waals surface area contributed by atoms with Crippen molar-refractivity contribution in [1.82, 2.24) is 20.6 Å². The third kappa shape index (κ3) is 5.74. The summed E-state index contributed by atoms with van der Waals surface area (Å²) in [5, 5.41) is 29.0. The van der Waals surface area contributed by atoms with Crippen LogP contribution in [0.2, 0.25) is 0 Å². The maximum atomic E-state index is 11.9. The molecule has 164 valence electrons. The molecule has 1 aromatic heterocycles. The highest BCUT2D eigenvalue weighted by molar-refractivity contribution is 7.89. The zero-order valence-electron chi connectivity index (χ0n) is 17.1. The molecule has 31 heavy (non-hydrogen) atoms. The number of carbonyl (C=O) groups is 1. The smallest absolute Gasteiger partial charge is 0.307 e. The summed E-state index contributed by atoms with van der Waals surface area (Å²) in [5.41, 5.74) is 2.70. The highest BCUT2D eigenvalue weighted by Gasteiger charge is 2.32. The number of aromatic nitrogens is 4. The topological polar surface area (TPSA) is 152 Å². The van der Waals surface area contributed by atoms with E-state index in [2.05, 4.69) is 20.6 Å². The Labute approximate surface area is 180 Å². The number of H-pyrrole nitrogens is 1. The fraction of sp³-hybridized carbons (Fsp3) is 0.333. The Bertz CT molecular complexity index is 1100. The summed E-state index contributed by atoms with van der Waals surface area (Å²) >= 11 is 0. The number of tetrazole rings is 1. The van der Waals surface area contributed by atoms with Crippen LogP contribution < -0.4 is 5.14 Å². The Morgan fingerprint density at radius 3 is 2.19 bits per heavy atom. The maximum absolute atomic E-state index is 11.9. The van der Waals surface area contributed by atoms with E-state index in [4.69, 9.17) is 5.14 Å². The number of carboxylic acids is 1. The summed E-state index contributed by atoms with van der Waals surface area (Å²) in [7, 11) is -3.73. The Hall–Kier alpha value is -3.11. The van der Waals surface area contributed by atoms with E-state index < -0.39 is 27.8 Å². The largest absolute Gasteiger partial charge is 0.481 e. The average Bonchev–Trinajstić information content (AvgIpc) is 3.27. The molecule has 0 aliphatic heterocycles. The van der Waals surface area contributed by atoms with Crippen molar-refractivity contribution in [3.8, 4) is 11.1 Å². The van der Waals surface area contributed by atoms with Crippen molar-refractivity contribution in [2.75, 3.05) is 0 Å². The van der Waals surface area contributed by atoms with Gasteiger partial charge < -0.3 is 5.11 Å². The van der Waals surface area contributed by atoms with E-state index in [1.807, 2.05) is 31.2 Å². The molecule has 4 N–H and O–H groups in total. The van der Waals surface area contributed by atoms with Gasteiger partial charge in [-0.1, -0.05) is 61.4 Å². The molecular formula is C21H25N5O4S. The Morgan fingerprint density at radius 1 is 1.10 bits per heavy atom. The average molecular weight is 444 g/mol. The van der Waals surface area contributed by atoms with Gasteiger partial charge in [0.2, 0.25) is 10.0 Å². The summed E-state index contributed by atoms with van der Waals surface area (Å²) in [5.74, 6) is -1.48. The fourth-order valence-corrected chi connectivity index (χ4v) is 4.10. The van der Waals surface area contributed by atoms with Gasteiger partial charge in [-0.3, -0.25) is 4.79 Å². The predicted molar refractivity (Wildman–Crippen MR) is 115 cm³/mol. The highest BCUT2D eigenvalue weighted by Crippen LogP contribution is 2.31. The lowest BCUT2D eigenvalue weighted by molar-refractivity contribution is -0.143. The molecule has 0 bridgehead atoms. The van der Waals surface area contributed by atoms with Gasteiger partial charge in [-0.15, -0.1) is 10.2 Å². The lowest BCUT2D eigenvalue weighted by Gasteiger charge is -2.21. The summed E-state index contributed by atoms with van der Waals surface area (Å²) in [6.07, 6.45) is 2.71. The van der Waals surface area contributed by atoms with Crippen LogP contribution in [-0.4, -0.2) is 40.1 Å². The highest BCUT2D eigenvalue weighted by atomic mass is 32.2. The lowest BCUT2D eigenvalue weighted by Crippen LogP contribution is -2.25. The van der Waals surface area contributed by atoms with Crippen LogP contribution in [0.3, 0.4) is 0 Å². The van der Waals surface area contributed by atoms with Crippen molar-refractivity contribution in [2.24, 2.45) is 11.1 Å². The Morgan fingerprint density at radius 2 is 1.71 bits per heavy atom. The van der Waals surface area contributed by atoms with Gasteiger partial charge in [-0.05, 0) is 41.7 Å². The first-order valence-corrected chi connectivity index (χ1v) is 11.5. The molecule has 2 aromatic carbocycles. The van der Waals surface area contributed by atoms with E-state index in [1.165, 1.54) is 12.1 Å². The third-order valence-electron chi connectivity index (χ3n) is 5.29. The first-order valence-electron chi connectivity index (χ1n) is 9.98. The number of rotatable bonds is 10. The number of hydrogen-bond donors (Lipinski definition) is 3. The number of sulfonamides is 1. The van der Waals surface area contributed by atoms with Crippen molar-refractivity contribution in [3.05, 3.63) is 59.9 Å². The number of primary sulfonamides is 1. The number of unbranched alkanes of at least 4 members (excludes halogenated alkanes) is 1. The molecule has 9 nitrogen and oxygen atoms in total. The number of carboxylic acid groups (broad SMARTS) is 1. The number of nitrogens with one attached hydrogen (secondary N) is 1. The molecule has 2 unspecified atom stereocenters. The third-order valence-corrected chi connectivity index (χ3v) is 6.22. The zero-order valence-corrected chi connectivity index (χ0v) is 17.9. The molecule has 10 heteroatoms. The molecule has 0 aliphatic carbocycles.